The van der Waals surface area contributed by atoms with Crippen LogP contribution in [0.3, 0.4) is 0 Å². The first kappa shape index (κ1) is 63.2. The molecular weight excluding hydrogens is 1000 g/mol. The summed E-state index contributed by atoms with van der Waals surface area (Å²) >= 11 is 1.12. The molecule has 6 amide bonds. The largest absolute Gasteiger partial charge is 0.481 e. The van der Waals surface area contributed by atoms with Crippen molar-refractivity contribution in [2.24, 2.45) is 11.1 Å². The second-order valence-corrected chi connectivity index (χ2v) is 19.0. The Kier molecular flexibility index (Phi) is 29.0. The highest BCUT2D eigenvalue weighted by molar-refractivity contribution is 8.00. The van der Waals surface area contributed by atoms with E-state index in [0.29, 0.717) is 38.0 Å². The number of carbonyl (C=O) groups is 7. The van der Waals surface area contributed by atoms with E-state index >= 15 is 4.39 Å². The third-order valence-electron chi connectivity index (χ3n) is 11.1. The number of imide groups is 1. The zero-order valence-electron chi connectivity index (χ0n) is 43.1. The Morgan fingerprint density at radius 1 is 0.787 bits per heavy atom. The SMILES string of the molecule is CC(C)(C)[C@H](c1cc(-c2cc(F)ccc2F)cn1Cc1ccccc1)N(CCCN)C(=O)CSC[C@H](NC(=O)CCOCCOCCOCCOCCNC(=O)CCN1C(=O)C=CC1=O)C(=O)NCCC(=O)O.CF. The van der Waals surface area contributed by atoms with E-state index < -0.39 is 58.7 Å². The predicted molar refractivity (Wildman–Crippen MR) is 276 cm³/mol. The molecule has 1 aliphatic heterocycles. The number of alkyl halides is 1. The normalized spacial score (nSPS) is 13.0. The van der Waals surface area contributed by atoms with Gasteiger partial charge in [-0.1, -0.05) is 51.1 Å². The molecule has 2 aromatic carbocycles. The van der Waals surface area contributed by atoms with Crippen molar-refractivity contribution in [1.29, 1.82) is 0 Å². The maximum absolute atomic E-state index is 15.2. The molecule has 6 N–H and O–H groups in total. The molecule has 2 heterocycles. The lowest BCUT2D eigenvalue weighted by Crippen LogP contribution is -2.49. The smallest absolute Gasteiger partial charge is 0.305 e. The summed E-state index contributed by atoms with van der Waals surface area (Å²) in [4.78, 5) is 89.7. The van der Waals surface area contributed by atoms with Gasteiger partial charge in [-0.25, -0.2) is 8.78 Å². The Bertz CT molecular complexity index is 2300. The van der Waals surface area contributed by atoms with Gasteiger partial charge in [0.2, 0.25) is 23.6 Å². The minimum atomic E-state index is -1.12. The van der Waals surface area contributed by atoms with E-state index in [2.05, 4.69) is 16.0 Å². The number of carbonyl (C=O) groups excluding carboxylic acids is 6. The molecule has 1 aliphatic rings. The lowest BCUT2D eigenvalue weighted by atomic mass is 9.83. The molecule has 0 aliphatic carbocycles. The van der Waals surface area contributed by atoms with Crippen LogP contribution in [0.25, 0.3) is 11.1 Å². The number of hydrogen-bond donors (Lipinski definition) is 5. The highest BCUT2D eigenvalue weighted by Crippen LogP contribution is 2.41. The van der Waals surface area contributed by atoms with Gasteiger partial charge in [0.25, 0.3) is 11.8 Å². The fourth-order valence-electron chi connectivity index (χ4n) is 7.63. The van der Waals surface area contributed by atoms with Gasteiger partial charge in [0.15, 0.2) is 0 Å². The standard InChI is InChI=1S/C51H69F2N7O12S.CH3F/c1-51(2,3)49(42-30-37(39-31-38(52)10-11-40(39)53)33-58(42)32-36-8-5-4-6-9-36)60(20-7-17-54)47(65)35-73-34-41(50(68)56-18-14-48(66)67)57-44(62)16-22-69-24-26-71-28-29-72-27-25-70-23-19-55-43(61)15-21-59-45(63)12-13-46(59)64;1-2/h4-6,8-13,30-31,33,41,49H,7,14-29,32,34-35,54H2,1-3H3,(H,55,61)(H,56,68)(H,57,62)(H,66,67);1H3/t41-,49-;/m0./s1. The summed E-state index contributed by atoms with van der Waals surface area (Å²) < 4.78 is 63.1. The summed E-state index contributed by atoms with van der Waals surface area (Å²) in [6, 6.07) is 13.0. The summed E-state index contributed by atoms with van der Waals surface area (Å²) in [6.45, 7) is 8.81. The van der Waals surface area contributed by atoms with Crippen LogP contribution in [-0.2, 0) is 59.1 Å². The van der Waals surface area contributed by atoms with Crippen molar-refractivity contribution in [2.75, 3.05) is 104 Å². The van der Waals surface area contributed by atoms with Gasteiger partial charge in [-0.3, -0.25) is 42.9 Å². The van der Waals surface area contributed by atoms with E-state index in [1.54, 1.807) is 17.2 Å². The number of hydrogen-bond acceptors (Lipinski definition) is 13. The first-order chi connectivity index (χ1) is 36.0. The molecule has 0 unspecified atom stereocenters. The summed E-state index contributed by atoms with van der Waals surface area (Å²) in [7, 11) is 0.500. The van der Waals surface area contributed by atoms with Gasteiger partial charge >= 0.3 is 5.97 Å². The van der Waals surface area contributed by atoms with Crippen molar-refractivity contribution in [3.63, 3.8) is 0 Å². The van der Waals surface area contributed by atoms with Crippen molar-refractivity contribution in [2.45, 2.75) is 65.1 Å². The van der Waals surface area contributed by atoms with Crippen LogP contribution >= 0.6 is 11.8 Å². The van der Waals surface area contributed by atoms with Crippen LogP contribution in [0.1, 0.15) is 63.8 Å². The maximum Gasteiger partial charge on any atom is 0.305 e. The zero-order valence-corrected chi connectivity index (χ0v) is 43.9. The Hall–Kier alpha value is -6.11. The van der Waals surface area contributed by atoms with Gasteiger partial charge in [0.1, 0.15) is 17.7 Å². The lowest BCUT2D eigenvalue weighted by Gasteiger charge is -2.41. The van der Waals surface area contributed by atoms with E-state index in [4.69, 9.17) is 29.8 Å². The molecule has 0 saturated carbocycles. The Morgan fingerprint density at radius 2 is 1.41 bits per heavy atom. The summed E-state index contributed by atoms with van der Waals surface area (Å²) in [5.41, 5.74) is 7.56. The number of carboxylic acid groups (broad SMARTS) is 1. The van der Waals surface area contributed by atoms with Crippen molar-refractivity contribution in [1.82, 2.24) is 30.3 Å². The maximum atomic E-state index is 15.2. The van der Waals surface area contributed by atoms with Gasteiger partial charge < -0.3 is 55.2 Å². The number of ether oxygens (including phenoxy) is 4. The summed E-state index contributed by atoms with van der Waals surface area (Å²) in [6.07, 6.45) is 4.11. The highest BCUT2D eigenvalue weighted by atomic mass is 32.2. The van der Waals surface area contributed by atoms with Gasteiger partial charge in [0, 0.05) is 86.5 Å². The number of halogens is 3. The van der Waals surface area contributed by atoms with Crippen LogP contribution in [0.5, 0.6) is 0 Å². The highest BCUT2D eigenvalue weighted by Gasteiger charge is 2.37. The molecule has 414 valence electrons. The monoisotopic (exact) mass is 1080 g/mol. The van der Waals surface area contributed by atoms with Crippen molar-refractivity contribution >= 4 is 53.2 Å². The average Bonchev–Trinajstić information content (AvgIpc) is 3.93. The zero-order chi connectivity index (χ0) is 55.2. The molecule has 0 radical (unpaired) electrons. The van der Waals surface area contributed by atoms with Crippen molar-refractivity contribution < 1.29 is 70.8 Å². The van der Waals surface area contributed by atoms with Gasteiger partial charge in [-0.05, 0) is 48.2 Å². The van der Waals surface area contributed by atoms with Gasteiger partial charge in [0.05, 0.1) is 78.2 Å². The van der Waals surface area contributed by atoms with Crippen molar-refractivity contribution in [3.05, 3.63) is 95.8 Å². The second-order valence-electron chi connectivity index (χ2n) is 17.9. The quantitative estimate of drug-likeness (QED) is 0.0413. The fourth-order valence-corrected chi connectivity index (χ4v) is 8.55. The third-order valence-corrected chi connectivity index (χ3v) is 12.1. The number of amides is 6. The molecule has 2 atom stereocenters. The molecule has 4 rings (SSSR count). The lowest BCUT2D eigenvalue weighted by molar-refractivity contribution is -0.138. The molecule has 0 spiro atoms. The molecular formula is C52H72F3N7O12S. The summed E-state index contributed by atoms with van der Waals surface area (Å²) in [5, 5.41) is 17.0. The molecule has 0 fully saturated rings. The van der Waals surface area contributed by atoms with Crippen LogP contribution < -0.4 is 21.7 Å². The van der Waals surface area contributed by atoms with Crippen LogP contribution in [-0.4, -0.2) is 171 Å². The number of benzene rings is 2. The summed E-state index contributed by atoms with van der Waals surface area (Å²) in [5.74, 6) is -5.02. The molecule has 23 heteroatoms. The minimum absolute atomic E-state index is 0.00441. The number of nitrogens with two attached hydrogens (primary N) is 1. The molecule has 75 heavy (non-hydrogen) atoms. The molecule has 19 nitrogen and oxygen atoms in total. The number of thioether (sulfide) groups is 1. The van der Waals surface area contributed by atoms with Crippen LogP contribution in [0, 0.1) is 17.0 Å². The number of nitrogens with one attached hydrogen (secondary N) is 3. The number of carboxylic acids is 1. The van der Waals surface area contributed by atoms with Crippen molar-refractivity contribution in [3.8, 4) is 11.1 Å². The first-order valence-electron chi connectivity index (χ1n) is 24.5. The number of nitrogens with zero attached hydrogens (tertiary/aromatic N) is 3. The predicted octanol–water partition coefficient (Wildman–Crippen LogP) is 4.03. The van der Waals surface area contributed by atoms with E-state index in [1.165, 1.54) is 0 Å². The van der Waals surface area contributed by atoms with Gasteiger partial charge in [-0.15, -0.1) is 11.8 Å². The molecule has 0 saturated heterocycles. The number of aliphatic carboxylic acids is 1. The Labute approximate surface area is 440 Å². The minimum Gasteiger partial charge on any atom is -0.481 e. The van der Waals surface area contributed by atoms with E-state index in [-0.39, 0.29) is 127 Å². The molecule has 0 bridgehead atoms. The van der Waals surface area contributed by atoms with E-state index in [9.17, 15) is 42.3 Å². The number of aromatic nitrogens is 1. The number of rotatable bonds is 35. The average molecular weight is 1080 g/mol. The second kappa shape index (κ2) is 34.5. The van der Waals surface area contributed by atoms with Crippen LogP contribution in [0.2, 0.25) is 0 Å². The Morgan fingerprint density at radius 3 is 2.03 bits per heavy atom. The van der Waals surface area contributed by atoms with E-state index in [1.807, 2.05) is 55.7 Å². The first-order valence-corrected chi connectivity index (χ1v) is 25.7. The van der Waals surface area contributed by atoms with E-state index in [0.717, 1.165) is 52.6 Å². The fraction of sp³-hybridized carbons (Fsp3) is 0.519. The molecule has 3 aromatic rings. The molecule has 1 aromatic heterocycles. The van der Waals surface area contributed by atoms with Crippen LogP contribution in [0.4, 0.5) is 13.2 Å². The third kappa shape index (κ3) is 23.1. The Balaban J connectivity index is 0.00000732. The van der Waals surface area contributed by atoms with Gasteiger partial charge in [-0.2, -0.15) is 0 Å². The van der Waals surface area contributed by atoms with Crippen LogP contribution in [0.15, 0.2) is 72.9 Å². The topological polar surface area (TPSA) is 250 Å².